The molecule has 1 N–H and O–H groups in total. The second-order valence-electron chi connectivity index (χ2n) is 3.73. The number of hydrogen-bond acceptors (Lipinski definition) is 2. The first-order valence-corrected chi connectivity index (χ1v) is 6.44. The predicted octanol–water partition coefficient (Wildman–Crippen LogP) is 4.06. The Balaban J connectivity index is 2.27. The highest BCUT2D eigenvalue weighted by Crippen LogP contribution is 2.25. The number of benzene rings is 1. The van der Waals surface area contributed by atoms with Gasteiger partial charge in [0.15, 0.2) is 0 Å². The van der Waals surface area contributed by atoms with Crippen molar-refractivity contribution in [3.63, 3.8) is 0 Å². The fourth-order valence-electron chi connectivity index (χ4n) is 1.50. The Morgan fingerprint density at radius 2 is 2.00 bits per heavy atom. The summed E-state index contributed by atoms with van der Waals surface area (Å²) in [7, 11) is 0. The van der Waals surface area contributed by atoms with Crippen molar-refractivity contribution < 1.29 is 4.79 Å². The third-order valence-corrected chi connectivity index (χ3v) is 3.16. The highest BCUT2D eigenvalue weighted by Gasteiger charge is 2.11. The van der Waals surface area contributed by atoms with Gasteiger partial charge in [0.05, 0.1) is 10.7 Å². The zero-order valence-electron chi connectivity index (χ0n) is 9.58. The molecule has 0 spiro atoms. The third kappa shape index (κ3) is 2.89. The molecule has 0 aliphatic heterocycles. The molecule has 0 saturated heterocycles. The molecule has 0 radical (unpaired) electrons. The lowest BCUT2D eigenvalue weighted by Gasteiger charge is -2.09. The van der Waals surface area contributed by atoms with Gasteiger partial charge in [-0.3, -0.25) is 4.79 Å². The molecule has 1 heterocycles. The van der Waals surface area contributed by atoms with Crippen LogP contribution in [0.2, 0.25) is 5.02 Å². The molecule has 0 bridgehead atoms. The average molecular weight is 326 g/mol. The van der Waals surface area contributed by atoms with Gasteiger partial charge in [-0.15, -0.1) is 0 Å². The Hall–Kier alpha value is -1.39. The number of para-hydroxylation sites is 1. The van der Waals surface area contributed by atoms with Gasteiger partial charge in [-0.2, -0.15) is 0 Å². The quantitative estimate of drug-likeness (QED) is 0.846. The number of hydrogen-bond donors (Lipinski definition) is 1. The lowest BCUT2D eigenvalue weighted by molar-refractivity contribution is 0.102. The normalized spacial score (nSPS) is 10.2. The van der Waals surface area contributed by atoms with Crippen molar-refractivity contribution >= 4 is 39.1 Å². The van der Waals surface area contributed by atoms with Gasteiger partial charge >= 0.3 is 0 Å². The lowest BCUT2D eigenvalue weighted by atomic mass is 10.2. The maximum absolute atomic E-state index is 12.0. The topological polar surface area (TPSA) is 42.0 Å². The monoisotopic (exact) mass is 324 g/mol. The minimum absolute atomic E-state index is 0.285. The molecule has 2 aromatic rings. The summed E-state index contributed by atoms with van der Waals surface area (Å²) in [4.78, 5) is 16.1. The number of aryl methyl sites for hydroxylation is 1. The number of nitrogens with one attached hydrogen (secondary N) is 1. The summed E-state index contributed by atoms with van der Waals surface area (Å²) >= 11 is 9.28. The Morgan fingerprint density at radius 1 is 1.28 bits per heavy atom. The van der Waals surface area contributed by atoms with E-state index in [9.17, 15) is 4.79 Å². The fraction of sp³-hybridized carbons (Fsp3) is 0.0769. The number of carbonyl (C=O) groups excluding carboxylic acids is 1. The summed E-state index contributed by atoms with van der Waals surface area (Å²) < 4.78 is 0.617. The number of nitrogens with zero attached hydrogens (tertiary/aromatic N) is 1. The minimum Gasteiger partial charge on any atom is -0.319 e. The summed E-state index contributed by atoms with van der Waals surface area (Å²) in [5.41, 5.74) is 1.86. The van der Waals surface area contributed by atoms with Crippen LogP contribution in [0.1, 0.15) is 16.1 Å². The molecule has 2 rings (SSSR count). The molecule has 0 unspecified atom stereocenters. The molecule has 18 heavy (non-hydrogen) atoms. The van der Waals surface area contributed by atoms with Crippen molar-refractivity contribution in [1.82, 2.24) is 4.98 Å². The smallest absolute Gasteiger partial charge is 0.274 e. The van der Waals surface area contributed by atoms with E-state index in [1.54, 1.807) is 24.3 Å². The van der Waals surface area contributed by atoms with Crippen LogP contribution in [0.5, 0.6) is 0 Å². The molecule has 5 heteroatoms. The van der Waals surface area contributed by atoms with Gasteiger partial charge in [0.25, 0.3) is 5.91 Å². The summed E-state index contributed by atoms with van der Waals surface area (Å²) in [6.07, 6.45) is 0. The van der Waals surface area contributed by atoms with Crippen LogP contribution in [-0.2, 0) is 0 Å². The molecule has 1 aromatic carbocycles. The van der Waals surface area contributed by atoms with E-state index in [2.05, 4.69) is 26.2 Å². The molecule has 0 atom stereocenters. The predicted molar refractivity (Wildman–Crippen MR) is 76.1 cm³/mol. The lowest BCUT2D eigenvalue weighted by Crippen LogP contribution is -2.14. The minimum atomic E-state index is -0.285. The standard InChI is InChI=1S/C13H10BrClN2O/c1-8-4-2-5-9(15)12(8)17-13(18)10-6-3-7-11(14)16-10/h2-7H,1H3,(H,17,18). The van der Waals surface area contributed by atoms with Crippen molar-refractivity contribution in [2.75, 3.05) is 5.32 Å². The molecular formula is C13H10BrClN2O. The second-order valence-corrected chi connectivity index (χ2v) is 4.95. The first-order valence-electron chi connectivity index (χ1n) is 5.27. The van der Waals surface area contributed by atoms with Gasteiger partial charge in [0.1, 0.15) is 10.3 Å². The van der Waals surface area contributed by atoms with Crippen molar-refractivity contribution in [2.24, 2.45) is 0 Å². The molecule has 92 valence electrons. The van der Waals surface area contributed by atoms with Gasteiger partial charge in [-0.1, -0.05) is 29.8 Å². The van der Waals surface area contributed by atoms with Crippen molar-refractivity contribution in [3.8, 4) is 0 Å². The zero-order chi connectivity index (χ0) is 13.1. The molecule has 0 aliphatic carbocycles. The Morgan fingerprint density at radius 3 is 2.67 bits per heavy atom. The number of halogens is 2. The summed E-state index contributed by atoms with van der Waals surface area (Å²) in [5.74, 6) is -0.285. The number of rotatable bonds is 2. The summed E-state index contributed by atoms with van der Waals surface area (Å²) in [6.45, 7) is 1.88. The van der Waals surface area contributed by atoms with Gasteiger partial charge in [0.2, 0.25) is 0 Å². The van der Waals surface area contributed by atoms with Gasteiger partial charge in [0, 0.05) is 0 Å². The molecule has 1 amide bonds. The molecule has 1 aromatic heterocycles. The molecule has 0 aliphatic rings. The summed E-state index contributed by atoms with van der Waals surface area (Å²) in [6, 6.07) is 10.6. The van der Waals surface area contributed by atoms with Crippen LogP contribution in [0.25, 0.3) is 0 Å². The third-order valence-electron chi connectivity index (χ3n) is 2.41. The second kappa shape index (κ2) is 5.50. The van der Waals surface area contributed by atoms with Crippen LogP contribution in [0, 0.1) is 6.92 Å². The van der Waals surface area contributed by atoms with E-state index in [0.717, 1.165) is 5.56 Å². The van der Waals surface area contributed by atoms with Crippen molar-refractivity contribution in [3.05, 3.63) is 57.3 Å². The largest absolute Gasteiger partial charge is 0.319 e. The van der Waals surface area contributed by atoms with E-state index in [1.165, 1.54) is 0 Å². The molecule has 3 nitrogen and oxygen atoms in total. The number of pyridine rings is 1. The van der Waals surface area contributed by atoms with Crippen LogP contribution in [0.15, 0.2) is 41.0 Å². The number of carbonyl (C=O) groups is 1. The summed E-state index contributed by atoms with van der Waals surface area (Å²) in [5, 5.41) is 3.28. The molecule has 0 fully saturated rings. The van der Waals surface area contributed by atoms with E-state index < -0.39 is 0 Å². The van der Waals surface area contributed by atoms with Gasteiger partial charge in [-0.25, -0.2) is 4.98 Å². The van der Waals surface area contributed by atoms with E-state index >= 15 is 0 Å². The number of amides is 1. The van der Waals surface area contributed by atoms with E-state index in [-0.39, 0.29) is 5.91 Å². The highest BCUT2D eigenvalue weighted by atomic mass is 79.9. The first kappa shape index (κ1) is 13.1. The van der Waals surface area contributed by atoms with E-state index in [1.807, 2.05) is 19.1 Å². The number of anilines is 1. The van der Waals surface area contributed by atoms with Crippen LogP contribution < -0.4 is 5.32 Å². The SMILES string of the molecule is Cc1cccc(Cl)c1NC(=O)c1cccc(Br)n1. The zero-order valence-corrected chi connectivity index (χ0v) is 11.9. The fourth-order valence-corrected chi connectivity index (χ4v) is 2.12. The van der Waals surface area contributed by atoms with Gasteiger partial charge in [-0.05, 0) is 46.6 Å². The average Bonchev–Trinajstić information content (AvgIpc) is 2.34. The number of aromatic nitrogens is 1. The van der Waals surface area contributed by atoms with Crippen LogP contribution >= 0.6 is 27.5 Å². The first-order chi connectivity index (χ1) is 8.58. The Bertz CT molecular complexity index is 581. The Kier molecular flexibility index (Phi) is 3.99. The van der Waals surface area contributed by atoms with E-state index in [4.69, 9.17) is 11.6 Å². The van der Waals surface area contributed by atoms with Crippen molar-refractivity contribution in [2.45, 2.75) is 6.92 Å². The van der Waals surface area contributed by atoms with Crippen LogP contribution in [-0.4, -0.2) is 10.9 Å². The van der Waals surface area contributed by atoms with E-state index in [0.29, 0.717) is 21.0 Å². The molecule has 0 saturated carbocycles. The highest BCUT2D eigenvalue weighted by molar-refractivity contribution is 9.10. The molecular weight excluding hydrogens is 316 g/mol. The maximum atomic E-state index is 12.0. The van der Waals surface area contributed by atoms with Crippen LogP contribution in [0.4, 0.5) is 5.69 Å². The van der Waals surface area contributed by atoms with Crippen LogP contribution in [0.3, 0.4) is 0 Å². The Labute approximate surface area is 118 Å². The maximum Gasteiger partial charge on any atom is 0.274 e. The van der Waals surface area contributed by atoms with Gasteiger partial charge < -0.3 is 5.32 Å². The van der Waals surface area contributed by atoms with Crippen molar-refractivity contribution in [1.29, 1.82) is 0 Å².